The summed E-state index contributed by atoms with van der Waals surface area (Å²) in [7, 11) is -1.99. The molecule has 1 rings (SSSR count). The minimum atomic E-state index is -1.99. The molecule has 4 heteroatoms. The number of rotatable bonds is 8. The van der Waals surface area contributed by atoms with Gasteiger partial charge < -0.3 is 14.6 Å². The Morgan fingerprint density at radius 1 is 1.20 bits per heavy atom. The summed E-state index contributed by atoms with van der Waals surface area (Å²) in [6.45, 7) is 14.9. The lowest BCUT2D eigenvalue weighted by molar-refractivity contribution is 0.00881. The molecule has 0 radical (unpaired) electrons. The van der Waals surface area contributed by atoms with Gasteiger partial charge in [0.05, 0.1) is 18.8 Å². The summed E-state index contributed by atoms with van der Waals surface area (Å²) in [5.41, 5.74) is 2.37. The van der Waals surface area contributed by atoms with E-state index in [2.05, 4.69) is 59.0 Å². The maximum Gasteiger partial charge on any atom is 0.192 e. The van der Waals surface area contributed by atoms with Crippen LogP contribution in [0.5, 0.6) is 0 Å². The Hall–Kier alpha value is -0.943. The highest BCUT2D eigenvalue weighted by Gasteiger charge is 2.41. The van der Waals surface area contributed by atoms with Crippen molar-refractivity contribution < 1.29 is 14.6 Å². The second-order valence-electron chi connectivity index (χ2n) is 8.55. The Balaban J connectivity index is 3.04. The van der Waals surface area contributed by atoms with Gasteiger partial charge in [0.2, 0.25) is 0 Å². The molecule has 25 heavy (non-hydrogen) atoms. The van der Waals surface area contributed by atoms with Crippen LogP contribution in [-0.2, 0) is 10.8 Å². The van der Waals surface area contributed by atoms with Crippen LogP contribution in [0.3, 0.4) is 0 Å². The molecule has 0 spiro atoms. The summed E-state index contributed by atoms with van der Waals surface area (Å²) < 4.78 is 6.64. The number of aliphatic hydroxyl groups is 2. The lowest BCUT2D eigenvalue weighted by atomic mass is 9.92. The van der Waals surface area contributed by atoms with Crippen LogP contribution in [0.2, 0.25) is 18.1 Å². The molecule has 3 nitrogen and oxygen atoms in total. The summed E-state index contributed by atoms with van der Waals surface area (Å²) in [4.78, 5) is 0. The van der Waals surface area contributed by atoms with E-state index in [4.69, 9.17) is 4.43 Å². The first kappa shape index (κ1) is 22.1. The predicted octanol–water partition coefficient (Wildman–Crippen LogP) is 4.56. The molecule has 1 unspecified atom stereocenters. The van der Waals surface area contributed by atoms with E-state index >= 15 is 0 Å². The Morgan fingerprint density at radius 3 is 2.24 bits per heavy atom. The molecular formula is C21H36O3Si. The fourth-order valence-corrected chi connectivity index (χ4v) is 3.88. The summed E-state index contributed by atoms with van der Waals surface area (Å²) in [6.07, 6.45) is 2.06. The molecule has 0 aliphatic rings. The van der Waals surface area contributed by atoms with Crippen LogP contribution < -0.4 is 0 Å². The van der Waals surface area contributed by atoms with Crippen molar-refractivity contribution >= 4 is 8.32 Å². The predicted molar refractivity (Wildman–Crippen MR) is 108 cm³/mol. The van der Waals surface area contributed by atoms with Crippen LogP contribution in [0.4, 0.5) is 0 Å². The molecule has 3 atom stereocenters. The zero-order valence-electron chi connectivity index (χ0n) is 16.9. The molecule has 0 aromatic heterocycles. The van der Waals surface area contributed by atoms with Crippen molar-refractivity contribution in [2.24, 2.45) is 5.92 Å². The third-order valence-electron chi connectivity index (χ3n) is 5.45. The van der Waals surface area contributed by atoms with Crippen molar-refractivity contribution in [3.05, 3.63) is 47.5 Å². The van der Waals surface area contributed by atoms with Crippen LogP contribution in [0.15, 0.2) is 42.0 Å². The Labute approximate surface area is 154 Å². The van der Waals surface area contributed by atoms with Gasteiger partial charge in [-0.15, -0.1) is 0 Å². The van der Waals surface area contributed by atoms with E-state index in [1.807, 2.05) is 25.1 Å². The van der Waals surface area contributed by atoms with Crippen molar-refractivity contribution in [3.63, 3.8) is 0 Å². The topological polar surface area (TPSA) is 49.7 Å². The quantitative estimate of drug-likeness (QED) is 0.525. The van der Waals surface area contributed by atoms with Gasteiger partial charge in [0.1, 0.15) is 0 Å². The molecule has 0 saturated heterocycles. The number of hydrogen-bond donors (Lipinski definition) is 2. The van der Waals surface area contributed by atoms with Gasteiger partial charge in [-0.25, -0.2) is 0 Å². The number of allylic oxidation sites excluding steroid dienone is 1. The second-order valence-corrected chi connectivity index (χ2v) is 13.3. The fraction of sp³-hybridized carbons (Fsp3) is 0.619. The minimum Gasteiger partial charge on any atom is -0.410 e. The molecule has 0 saturated carbocycles. The van der Waals surface area contributed by atoms with Gasteiger partial charge >= 0.3 is 0 Å². The highest BCUT2D eigenvalue weighted by molar-refractivity contribution is 6.74. The Bertz CT molecular complexity index is 546. The molecule has 0 aliphatic carbocycles. The van der Waals surface area contributed by atoms with Crippen LogP contribution in [-0.4, -0.2) is 37.3 Å². The van der Waals surface area contributed by atoms with E-state index in [0.29, 0.717) is 0 Å². The molecule has 0 amide bonds. The van der Waals surface area contributed by atoms with E-state index in [-0.39, 0.29) is 23.7 Å². The van der Waals surface area contributed by atoms with Gasteiger partial charge in [-0.1, -0.05) is 64.1 Å². The fourth-order valence-electron chi connectivity index (χ4n) is 2.49. The zero-order valence-corrected chi connectivity index (χ0v) is 17.9. The third-order valence-corrected chi connectivity index (χ3v) is 9.91. The molecule has 1 aromatic carbocycles. The summed E-state index contributed by atoms with van der Waals surface area (Å²) in [6, 6.07) is 10.3. The molecule has 0 aliphatic heterocycles. The molecule has 1 aromatic rings. The summed E-state index contributed by atoms with van der Waals surface area (Å²) in [5.74, 6) is -0.161. The van der Waals surface area contributed by atoms with Crippen molar-refractivity contribution in [2.45, 2.75) is 71.4 Å². The Kier molecular flexibility index (Phi) is 8.07. The zero-order chi connectivity index (χ0) is 19.3. The van der Waals surface area contributed by atoms with Crippen molar-refractivity contribution in [1.82, 2.24) is 0 Å². The summed E-state index contributed by atoms with van der Waals surface area (Å²) >= 11 is 0. The molecule has 0 heterocycles. The second kappa shape index (κ2) is 9.13. The normalized spacial score (nSPS) is 17.2. The first-order valence-electron chi connectivity index (χ1n) is 9.17. The molecular weight excluding hydrogens is 328 g/mol. The molecule has 0 bridgehead atoms. The highest BCUT2D eigenvalue weighted by atomic mass is 28.4. The summed E-state index contributed by atoms with van der Waals surface area (Å²) in [5, 5.41) is 19.7. The number of benzene rings is 1. The van der Waals surface area contributed by atoms with Crippen molar-refractivity contribution in [2.75, 3.05) is 6.61 Å². The largest absolute Gasteiger partial charge is 0.410 e. The number of hydrogen-bond acceptors (Lipinski definition) is 3. The van der Waals surface area contributed by atoms with Crippen molar-refractivity contribution in [1.29, 1.82) is 0 Å². The van der Waals surface area contributed by atoms with Crippen LogP contribution in [0.1, 0.15) is 40.2 Å². The standard InChI is InChI=1S/C21H36O3Si/c1-16(13-14-18-11-9-8-10-12-18)20(17(2)19(23)15-22)24-25(6,7)21(3,4)5/h8-13,17,19-20,22-23H,14-15H2,1-7H3/b16-13+/t17-,19?,20+/m1/s1. The van der Waals surface area contributed by atoms with Gasteiger partial charge in [-0.3, -0.25) is 0 Å². The van der Waals surface area contributed by atoms with E-state index in [1.165, 1.54) is 5.56 Å². The number of aliphatic hydroxyl groups excluding tert-OH is 2. The molecule has 0 fully saturated rings. The first-order chi connectivity index (χ1) is 11.5. The SMILES string of the molecule is C/C(=C\Cc1ccccc1)[C@H](O[Si](C)(C)C(C)(C)C)[C@H](C)C(O)CO. The molecule has 142 valence electrons. The van der Waals surface area contributed by atoms with Crippen molar-refractivity contribution in [3.8, 4) is 0 Å². The van der Waals surface area contributed by atoms with Gasteiger partial charge in [-0.05, 0) is 42.6 Å². The highest BCUT2D eigenvalue weighted by Crippen LogP contribution is 2.39. The van der Waals surface area contributed by atoms with E-state index in [9.17, 15) is 10.2 Å². The van der Waals surface area contributed by atoms with Crippen LogP contribution >= 0.6 is 0 Å². The van der Waals surface area contributed by atoms with E-state index in [1.54, 1.807) is 0 Å². The van der Waals surface area contributed by atoms with E-state index < -0.39 is 14.4 Å². The minimum absolute atomic E-state index is 0.0921. The lowest BCUT2D eigenvalue weighted by Crippen LogP contribution is -2.48. The average molecular weight is 365 g/mol. The van der Waals surface area contributed by atoms with Gasteiger partial charge in [0, 0.05) is 5.92 Å². The van der Waals surface area contributed by atoms with Gasteiger partial charge in [0.15, 0.2) is 8.32 Å². The van der Waals surface area contributed by atoms with Gasteiger partial charge in [-0.2, -0.15) is 0 Å². The maximum atomic E-state index is 10.2. The van der Waals surface area contributed by atoms with Crippen LogP contribution in [0, 0.1) is 5.92 Å². The lowest BCUT2D eigenvalue weighted by Gasteiger charge is -2.42. The van der Waals surface area contributed by atoms with Gasteiger partial charge in [0.25, 0.3) is 0 Å². The smallest absolute Gasteiger partial charge is 0.192 e. The average Bonchev–Trinajstić information content (AvgIpc) is 2.56. The van der Waals surface area contributed by atoms with E-state index in [0.717, 1.165) is 12.0 Å². The third kappa shape index (κ3) is 6.37. The van der Waals surface area contributed by atoms with Crippen LogP contribution in [0.25, 0.3) is 0 Å². The maximum absolute atomic E-state index is 10.2. The Morgan fingerprint density at radius 2 is 1.76 bits per heavy atom. The monoisotopic (exact) mass is 364 g/mol. The molecule has 2 N–H and O–H groups in total. The first-order valence-corrected chi connectivity index (χ1v) is 12.1.